The molecule has 4 atom stereocenters. The highest BCUT2D eigenvalue weighted by Crippen LogP contribution is 2.35. The van der Waals surface area contributed by atoms with Crippen LogP contribution in [0.15, 0.2) is 91.3 Å². The molecule has 312 valence electrons. The summed E-state index contributed by atoms with van der Waals surface area (Å²) in [6.45, 7) is 4.86. The van der Waals surface area contributed by atoms with Gasteiger partial charge in [0.2, 0.25) is 5.91 Å². The fraction of sp³-hybridized carbons (Fsp3) is 0.319. The summed E-state index contributed by atoms with van der Waals surface area (Å²) in [6.07, 6.45) is 5.14. The zero-order valence-corrected chi connectivity index (χ0v) is 34.5. The monoisotopic (exact) mass is 820 g/mol. The van der Waals surface area contributed by atoms with E-state index in [0.29, 0.717) is 42.4 Å². The number of amides is 4. The Bertz CT molecular complexity index is 2490. The summed E-state index contributed by atoms with van der Waals surface area (Å²) in [5.74, 6) is 13.0. The van der Waals surface area contributed by atoms with Crippen LogP contribution >= 0.6 is 0 Å². The summed E-state index contributed by atoms with van der Waals surface area (Å²) < 4.78 is 9.59. The second-order valence-electron chi connectivity index (χ2n) is 15.2. The molecule has 61 heavy (non-hydrogen) atoms. The van der Waals surface area contributed by atoms with Crippen molar-refractivity contribution in [2.45, 2.75) is 63.7 Å². The molecular weight excluding hydrogens is 773 g/mol. The number of hydrogen-bond donors (Lipinski definition) is 4. The summed E-state index contributed by atoms with van der Waals surface area (Å²) in [5.41, 5.74) is 5.60. The normalized spacial score (nSPS) is 16.7. The Morgan fingerprint density at radius 3 is 2.00 bits per heavy atom. The van der Waals surface area contributed by atoms with E-state index < -0.39 is 24.3 Å². The van der Waals surface area contributed by atoms with E-state index in [0.717, 1.165) is 47.2 Å². The highest BCUT2D eigenvalue weighted by Gasteiger charge is 2.38. The molecule has 4 N–H and O–H groups in total. The molecular formula is C47H48N8O6. The first-order chi connectivity index (χ1) is 29.6. The van der Waals surface area contributed by atoms with E-state index in [4.69, 9.17) is 14.5 Å². The number of benzene rings is 3. The molecule has 3 aromatic carbocycles. The number of carbonyl (C=O) groups excluding carboxylic acids is 4. The van der Waals surface area contributed by atoms with E-state index in [2.05, 4.69) is 55.3 Å². The maximum Gasteiger partial charge on any atom is 0.407 e. The minimum absolute atomic E-state index is 0.131. The molecule has 2 aliphatic rings. The first kappa shape index (κ1) is 41.8. The quantitative estimate of drug-likeness (QED) is 0.113. The van der Waals surface area contributed by atoms with Gasteiger partial charge in [0, 0.05) is 24.2 Å². The minimum atomic E-state index is -0.910. The van der Waals surface area contributed by atoms with Crippen molar-refractivity contribution in [2.75, 3.05) is 27.3 Å². The smallest absolute Gasteiger partial charge is 0.407 e. The number of alkyl carbamates (subject to hydrolysis) is 2. The first-order valence-electron chi connectivity index (χ1n) is 20.3. The lowest BCUT2D eigenvalue weighted by Gasteiger charge is -2.30. The highest BCUT2D eigenvalue weighted by atomic mass is 16.5. The standard InChI is InChI=1S/C47H48N8O6/c1-30(2)40(52-46(58)60-3)44(56)54-25-14-22-39(54)43-49-29-37(51-43)34-24-23-32(36(27-34)31-15-7-5-8-16-31)17-11-12-20-35-28-48-42(50-35)38-21-13-26-55(38)45(57)41(53-47(59)61-4)33-18-9-6-10-19-33/h5-10,15-16,18-19,23-24,27-30,38-41H,13-14,21-22,25-26H2,1-4H3,(H,48,50)(H,49,51)(H,52,58)(H,53,59)/t38-,39-,40-,41+/m0/s1. The lowest BCUT2D eigenvalue weighted by atomic mass is 9.96. The largest absolute Gasteiger partial charge is 0.453 e. The Hall–Kier alpha value is -7.32. The highest BCUT2D eigenvalue weighted by molar-refractivity contribution is 5.88. The van der Waals surface area contributed by atoms with Gasteiger partial charge in [-0.2, -0.15) is 0 Å². The van der Waals surface area contributed by atoms with Crippen molar-refractivity contribution < 1.29 is 28.7 Å². The number of aromatic nitrogens is 4. The third kappa shape index (κ3) is 9.61. The van der Waals surface area contributed by atoms with Gasteiger partial charge in [-0.05, 0) is 78.2 Å². The second-order valence-corrected chi connectivity index (χ2v) is 15.2. The van der Waals surface area contributed by atoms with Crippen molar-refractivity contribution >= 4 is 24.0 Å². The lowest BCUT2D eigenvalue weighted by molar-refractivity contribution is -0.135. The van der Waals surface area contributed by atoms with Crippen molar-refractivity contribution in [3.63, 3.8) is 0 Å². The number of nitrogens with zero attached hydrogens (tertiary/aromatic N) is 4. The van der Waals surface area contributed by atoms with Crippen LogP contribution in [-0.4, -0.2) is 87.1 Å². The van der Waals surface area contributed by atoms with E-state index in [-0.39, 0.29) is 29.8 Å². The van der Waals surface area contributed by atoms with Gasteiger partial charge in [0.15, 0.2) is 0 Å². The van der Waals surface area contributed by atoms with Gasteiger partial charge in [-0.15, -0.1) is 0 Å². The number of imidazole rings is 2. The maximum absolute atomic E-state index is 13.9. The van der Waals surface area contributed by atoms with E-state index in [1.54, 1.807) is 34.3 Å². The van der Waals surface area contributed by atoms with Gasteiger partial charge in [-0.3, -0.25) is 9.59 Å². The van der Waals surface area contributed by atoms with Crippen LogP contribution in [0, 0.1) is 29.6 Å². The van der Waals surface area contributed by atoms with Gasteiger partial charge in [0.1, 0.15) is 29.4 Å². The SMILES string of the molecule is COC(=O)N[C@H](C(=O)N1CCC[C@H]1c1ncc(-c2ccc(C#CC#Cc3cnc([C@@H]4CCCN4C(=O)[C@H](NC(=O)OC)c4ccccc4)[nH]3)c(-c3ccccc3)c2)[nH]1)C(C)C. The zero-order chi connectivity index (χ0) is 42.9. The molecule has 14 nitrogen and oxygen atoms in total. The van der Waals surface area contributed by atoms with Crippen LogP contribution in [0.25, 0.3) is 22.4 Å². The number of nitrogens with one attached hydrogen (secondary N) is 4. The van der Waals surface area contributed by atoms with Crippen molar-refractivity contribution in [3.8, 4) is 46.1 Å². The molecule has 7 rings (SSSR count). The molecule has 2 aromatic heterocycles. The molecule has 0 aliphatic carbocycles. The first-order valence-corrected chi connectivity index (χ1v) is 20.3. The number of rotatable bonds is 10. The minimum Gasteiger partial charge on any atom is -0.453 e. The maximum atomic E-state index is 13.9. The van der Waals surface area contributed by atoms with Gasteiger partial charge in [0.05, 0.1) is 44.4 Å². The van der Waals surface area contributed by atoms with Gasteiger partial charge in [0.25, 0.3) is 5.91 Å². The van der Waals surface area contributed by atoms with Crippen molar-refractivity contribution in [2.24, 2.45) is 5.92 Å². The summed E-state index contributed by atoms with van der Waals surface area (Å²) in [5, 5.41) is 5.39. The van der Waals surface area contributed by atoms with Crippen molar-refractivity contribution in [1.29, 1.82) is 0 Å². The molecule has 4 heterocycles. The molecule has 2 aliphatic heterocycles. The predicted octanol–water partition coefficient (Wildman–Crippen LogP) is 6.67. The second kappa shape index (κ2) is 19.2. The van der Waals surface area contributed by atoms with Crippen LogP contribution in [0.5, 0.6) is 0 Å². The van der Waals surface area contributed by atoms with E-state index in [1.165, 1.54) is 14.2 Å². The fourth-order valence-corrected chi connectivity index (χ4v) is 7.88. The Balaban J connectivity index is 1.08. The molecule has 0 bridgehead atoms. The molecule has 0 radical (unpaired) electrons. The molecule has 14 heteroatoms. The third-order valence-electron chi connectivity index (χ3n) is 11.0. The molecule has 0 saturated carbocycles. The summed E-state index contributed by atoms with van der Waals surface area (Å²) in [4.78, 5) is 71.3. The predicted molar refractivity (Wildman–Crippen MR) is 228 cm³/mol. The van der Waals surface area contributed by atoms with Crippen LogP contribution in [0.1, 0.15) is 86.1 Å². The van der Waals surface area contributed by atoms with Crippen LogP contribution in [-0.2, 0) is 19.1 Å². The molecule has 0 spiro atoms. The fourth-order valence-electron chi connectivity index (χ4n) is 7.88. The number of carbonyl (C=O) groups is 4. The van der Waals surface area contributed by atoms with E-state index >= 15 is 0 Å². The molecule has 4 amide bonds. The van der Waals surface area contributed by atoms with Crippen LogP contribution in [0.3, 0.4) is 0 Å². The molecule has 5 aromatic rings. The average Bonchev–Trinajstić information content (AvgIpc) is 4.14. The average molecular weight is 821 g/mol. The van der Waals surface area contributed by atoms with Gasteiger partial charge >= 0.3 is 12.2 Å². The third-order valence-corrected chi connectivity index (χ3v) is 11.0. The van der Waals surface area contributed by atoms with E-state index in [9.17, 15) is 19.2 Å². The summed E-state index contributed by atoms with van der Waals surface area (Å²) >= 11 is 0. The number of hydrogen-bond acceptors (Lipinski definition) is 8. The zero-order valence-electron chi connectivity index (χ0n) is 34.5. The molecule has 2 fully saturated rings. The number of methoxy groups -OCH3 is 2. The van der Waals surface area contributed by atoms with Crippen LogP contribution < -0.4 is 10.6 Å². The lowest BCUT2D eigenvalue weighted by Crippen LogP contribution is -2.51. The van der Waals surface area contributed by atoms with Crippen LogP contribution in [0.2, 0.25) is 0 Å². The van der Waals surface area contributed by atoms with E-state index in [1.807, 2.05) is 74.5 Å². The van der Waals surface area contributed by atoms with Crippen molar-refractivity contribution in [1.82, 2.24) is 40.4 Å². The van der Waals surface area contributed by atoms with Gasteiger partial charge < -0.3 is 39.9 Å². The summed E-state index contributed by atoms with van der Waals surface area (Å²) in [7, 11) is 2.55. The Kier molecular flexibility index (Phi) is 13.1. The van der Waals surface area contributed by atoms with Crippen LogP contribution in [0.4, 0.5) is 9.59 Å². The molecule has 2 saturated heterocycles. The number of H-pyrrole nitrogens is 2. The number of aromatic amines is 2. The summed E-state index contributed by atoms with van der Waals surface area (Å²) in [6, 6.07) is 22.9. The Labute approximate surface area is 354 Å². The number of ether oxygens (including phenoxy) is 2. The molecule has 0 unspecified atom stereocenters. The van der Waals surface area contributed by atoms with Crippen molar-refractivity contribution in [3.05, 3.63) is 120 Å². The Morgan fingerprint density at radius 2 is 1.33 bits per heavy atom. The Morgan fingerprint density at radius 1 is 0.721 bits per heavy atom. The van der Waals surface area contributed by atoms with Gasteiger partial charge in [-0.1, -0.05) is 86.5 Å². The topological polar surface area (TPSA) is 175 Å². The number of likely N-dealkylation sites (tertiary alicyclic amines) is 2. The van der Waals surface area contributed by atoms with Gasteiger partial charge in [-0.25, -0.2) is 19.6 Å².